The summed E-state index contributed by atoms with van der Waals surface area (Å²) in [7, 11) is 0. The van der Waals surface area contributed by atoms with Gasteiger partial charge >= 0.3 is 0 Å². The molecule has 1 aliphatic rings. The topological polar surface area (TPSA) is 12.0 Å². The zero-order valence-corrected chi connectivity index (χ0v) is 7.81. The van der Waals surface area contributed by atoms with Gasteiger partial charge in [-0.1, -0.05) is 23.8 Å². The summed E-state index contributed by atoms with van der Waals surface area (Å²) in [6.45, 7) is 2.62. The lowest BCUT2D eigenvalue weighted by Crippen LogP contribution is -2.37. The van der Waals surface area contributed by atoms with Crippen LogP contribution in [0.4, 0.5) is 4.39 Å². The zero-order chi connectivity index (χ0) is 9.26. The molecule has 1 nitrogen and oxygen atoms in total. The van der Waals surface area contributed by atoms with E-state index in [4.69, 9.17) is 0 Å². The van der Waals surface area contributed by atoms with Gasteiger partial charge in [0.1, 0.15) is 6.67 Å². The Hall–Kier alpha value is -0.890. The van der Waals surface area contributed by atoms with E-state index < -0.39 is 0 Å². The van der Waals surface area contributed by atoms with Crippen LogP contribution in [0.5, 0.6) is 0 Å². The van der Waals surface area contributed by atoms with Gasteiger partial charge in [-0.3, -0.25) is 0 Å². The van der Waals surface area contributed by atoms with Crippen molar-refractivity contribution in [2.45, 2.75) is 25.9 Å². The smallest absolute Gasteiger partial charge is 0.105 e. The van der Waals surface area contributed by atoms with Crippen LogP contribution in [0.25, 0.3) is 0 Å². The van der Waals surface area contributed by atoms with Crippen molar-refractivity contribution in [3.05, 3.63) is 34.9 Å². The number of alkyl halides is 1. The van der Waals surface area contributed by atoms with E-state index in [2.05, 4.69) is 30.4 Å². The molecule has 1 aromatic carbocycles. The predicted molar refractivity (Wildman–Crippen MR) is 51.5 cm³/mol. The number of rotatable bonds is 1. The summed E-state index contributed by atoms with van der Waals surface area (Å²) in [5, 5.41) is 3.17. The van der Waals surface area contributed by atoms with Crippen molar-refractivity contribution >= 4 is 0 Å². The second-order valence-corrected chi connectivity index (χ2v) is 3.71. The molecule has 0 amide bonds. The van der Waals surface area contributed by atoms with Crippen molar-refractivity contribution in [2.24, 2.45) is 0 Å². The molecule has 0 aliphatic carbocycles. The Morgan fingerprint density at radius 3 is 3.08 bits per heavy atom. The minimum atomic E-state index is -0.270. The summed E-state index contributed by atoms with van der Waals surface area (Å²) in [5.41, 5.74) is 3.88. The Morgan fingerprint density at radius 2 is 2.31 bits per heavy atom. The standard InChI is InChI=1S/C11H14FN/c1-8-2-3-9-7-13-11(6-12)5-10(9)4-8/h2-4,11,13H,5-7H2,1H3. The fraction of sp³-hybridized carbons (Fsp3) is 0.455. The molecule has 1 aromatic rings. The van der Waals surface area contributed by atoms with Crippen molar-refractivity contribution < 1.29 is 4.39 Å². The molecule has 0 aromatic heterocycles. The number of aryl methyl sites for hydroxylation is 1. The van der Waals surface area contributed by atoms with E-state index in [1.54, 1.807) is 0 Å². The molecule has 0 bridgehead atoms. The van der Waals surface area contributed by atoms with Gasteiger partial charge in [0.25, 0.3) is 0 Å². The first-order chi connectivity index (χ1) is 6.29. The zero-order valence-electron chi connectivity index (χ0n) is 7.81. The Morgan fingerprint density at radius 1 is 1.46 bits per heavy atom. The maximum atomic E-state index is 12.4. The van der Waals surface area contributed by atoms with Gasteiger partial charge in [-0.15, -0.1) is 0 Å². The molecule has 0 saturated carbocycles. The molecular formula is C11H14FN. The maximum Gasteiger partial charge on any atom is 0.105 e. The molecule has 13 heavy (non-hydrogen) atoms. The lowest BCUT2D eigenvalue weighted by Gasteiger charge is -2.24. The van der Waals surface area contributed by atoms with E-state index >= 15 is 0 Å². The van der Waals surface area contributed by atoms with Crippen LogP contribution in [0.2, 0.25) is 0 Å². The Labute approximate surface area is 78.0 Å². The summed E-state index contributed by atoms with van der Waals surface area (Å²) in [5.74, 6) is 0. The minimum absolute atomic E-state index is 0.0225. The third-order valence-corrected chi connectivity index (χ3v) is 2.60. The van der Waals surface area contributed by atoms with Gasteiger partial charge < -0.3 is 5.32 Å². The lowest BCUT2D eigenvalue weighted by atomic mass is 9.95. The fourth-order valence-electron chi connectivity index (χ4n) is 1.82. The molecule has 0 radical (unpaired) electrons. The minimum Gasteiger partial charge on any atom is -0.307 e. The molecule has 2 heteroatoms. The molecule has 0 fully saturated rings. The number of hydrogen-bond donors (Lipinski definition) is 1. The number of fused-ring (bicyclic) bond motifs is 1. The molecule has 1 unspecified atom stereocenters. The van der Waals surface area contributed by atoms with Gasteiger partial charge in [0.2, 0.25) is 0 Å². The summed E-state index contributed by atoms with van der Waals surface area (Å²) >= 11 is 0. The molecule has 0 spiro atoms. The Balaban J connectivity index is 2.27. The van der Waals surface area contributed by atoms with E-state index in [-0.39, 0.29) is 12.7 Å². The Bertz CT molecular complexity index is 309. The summed E-state index contributed by atoms with van der Waals surface area (Å²) in [6, 6.07) is 6.43. The molecule has 1 heterocycles. The van der Waals surface area contributed by atoms with Gasteiger partial charge in [0.15, 0.2) is 0 Å². The van der Waals surface area contributed by atoms with Crippen molar-refractivity contribution in [3.63, 3.8) is 0 Å². The van der Waals surface area contributed by atoms with Gasteiger partial charge in [-0.2, -0.15) is 0 Å². The fourth-order valence-corrected chi connectivity index (χ4v) is 1.82. The quantitative estimate of drug-likeness (QED) is 0.695. The van der Waals surface area contributed by atoms with Crippen molar-refractivity contribution in [3.8, 4) is 0 Å². The summed E-state index contributed by atoms with van der Waals surface area (Å²) < 4.78 is 12.4. The van der Waals surface area contributed by atoms with Crippen LogP contribution in [0.1, 0.15) is 16.7 Å². The van der Waals surface area contributed by atoms with Crippen molar-refractivity contribution in [2.75, 3.05) is 6.67 Å². The van der Waals surface area contributed by atoms with Gasteiger partial charge in [-0.25, -0.2) is 4.39 Å². The molecular weight excluding hydrogens is 165 g/mol. The first-order valence-corrected chi connectivity index (χ1v) is 4.67. The second-order valence-electron chi connectivity index (χ2n) is 3.71. The molecule has 70 valence electrons. The maximum absolute atomic E-state index is 12.4. The van der Waals surface area contributed by atoms with Crippen molar-refractivity contribution in [1.82, 2.24) is 5.32 Å². The molecule has 2 rings (SSSR count). The van der Waals surface area contributed by atoms with Crippen LogP contribution in [-0.2, 0) is 13.0 Å². The average Bonchev–Trinajstić information content (AvgIpc) is 2.16. The van der Waals surface area contributed by atoms with Crippen LogP contribution >= 0.6 is 0 Å². The van der Waals surface area contributed by atoms with Crippen LogP contribution in [-0.4, -0.2) is 12.7 Å². The molecule has 1 aliphatic heterocycles. The molecule has 1 atom stereocenters. The normalized spacial score (nSPS) is 21.2. The predicted octanol–water partition coefficient (Wildman–Crippen LogP) is 1.98. The average molecular weight is 179 g/mol. The van der Waals surface area contributed by atoms with Crippen molar-refractivity contribution in [1.29, 1.82) is 0 Å². The van der Waals surface area contributed by atoms with E-state index in [0.717, 1.165) is 13.0 Å². The largest absolute Gasteiger partial charge is 0.307 e. The highest BCUT2D eigenvalue weighted by atomic mass is 19.1. The SMILES string of the molecule is Cc1ccc2c(c1)CC(CF)NC2. The number of hydrogen-bond acceptors (Lipinski definition) is 1. The highest BCUT2D eigenvalue weighted by Gasteiger charge is 2.16. The first-order valence-electron chi connectivity index (χ1n) is 4.67. The van der Waals surface area contributed by atoms with Crippen LogP contribution in [0.3, 0.4) is 0 Å². The van der Waals surface area contributed by atoms with Crippen LogP contribution in [0.15, 0.2) is 18.2 Å². The van der Waals surface area contributed by atoms with E-state index in [1.807, 2.05) is 0 Å². The third-order valence-electron chi connectivity index (χ3n) is 2.60. The molecule has 1 N–H and O–H groups in total. The van der Waals surface area contributed by atoms with Gasteiger partial charge in [-0.05, 0) is 24.5 Å². The van der Waals surface area contributed by atoms with Gasteiger partial charge in [0, 0.05) is 12.6 Å². The van der Waals surface area contributed by atoms with Crippen LogP contribution < -0.4 is 5.32 Å². The van der Waals surface area contributed by atoms with Crippen LogP contribution in [0, 0.1) is 6.92 Å². The Kier molecular flexibility index (Phi) is 2.32. The monoisotopic (exact) mass is 179 g/mol. The first kappa shape index (κ1) is 8.70. The number of nitrogens with one attached hydrogen (secondary N) is 1. The summed E-state index contributed by atoms with van der Waals surface area (Å²) in [4.78, 5) is 0. The molecule has 0 saturated heterocycles. The second kappa shape index (κ2) is 3.46. The van der Waals surface area contributed by atoms with Gasteiger partial charge in [0.05, 0.1) is 0 Å². The number of halogens is 1. The lowest BCUT2D eigenvalue weighted by molar-refractivity contribution is 0.359. The highest BCUT2D eigenvalue weighted by Crippen LogP contribution is 2.18. The van der Waals surface area contributed by atoms with E-state index in [1.165, 1.54) is 16.7 Å². The van der Waals surface area contributed by atoms with E-state index in [9.17, 15) is 4.39 Å². The number of benzene rings is 1. The summed E-state index contributed by atoms with van der Waals surface area (Å²) in [6.07, 6.45) is 0.827. The third kappa shape index (κ3) is 1.73. The van der Waals surface area contributed by atoms with E-state index in [0.29, 0.717) is 0 Å². The highest BCUT2D eigenvalue weighted by molar-refractivity contribution is 5.33.